The number of rotatable bonds is 3. The van der Waals surface area contributed by atoms with E-state index >= 15 is 0 Å². The van der Waals surface area contributed by atoms with Gasteiger partial charge in [0.25, 0.3) is 0 Å². The third kappa shape index (κ3) is 2.53. The number of hydrogen-bond donors (Lipinski definition) is 2. The highest BCUT2D eigenvalue weighted by Gasteiger charge is 2.40. The number of hydrogen-bond acceptors (Lipinski definition) is 2. The molecule has 0 radical (unpaired) electrons. The number of carbonyl (C=O) groups excluding carboxylic acids is 1. The lowest BCUT2D eigenvalue weighted by Crippen LogP contribution is -2.45. The van der Waals surface area contributed by atoms with E-state index in [4.69, 9.17) is 5.11 Å². The molecular weight excluding hydrogens is 220 g/mol. The van der Waals surface area contributed by atoms with Crippen LogP contribution in [0.4, 0.5) is 4.79 Å². The Bertz CT molecular complexity index is 339. The summed E-state index contributed by atoms with van der Waals surface area (Å²) in [6.45, 7) is 5.21. The largest absolute Gasteiger partial charge is 0.481 e. The molecule has 5 heteroatoms. The topological polar surface area (TPSA) is 69.6 Å². The van der Waals surface area contributed by atoms with Gasteiger partial charge in [0.2, 0.25) is 0 Å². The van der Waals surface area contributed by atoms with Gasteiger partial charge in [-0.2, -0.15) is 0 Å². The molecule has 1 heterocycles. The molecule has 2 amide bonds. The molecule has 17 heavy (non-hydrogen) atoms. The Labute approximate surface area is 101 Å². The van der Waals surface area contributed by atoms with E-state index in [0.717, 1.165) is 0 Å². The summed E-state index contributed by atoms with van der Waals surface area (Å²) in [5.74, 6) is -1.22. The smallest absolute Gasteiger partial charge is 0.317 e. The Morgan fingerprint density at radius 1 is 1.47 bits per heavy atom. The van der Waals surface area contributed by atoms with Gasteiger partial charge in [0, 0.05) is 19.1 Å². The van der Waals surface area contributed by atoms with Crippen molar-refractivity contribution in [2.75, 3.05) is 13.1 Å². The molecule has 2 fully saturated rings. The summed E-state index contributed by atoms with van der Waals surface area (Å²) in [5, 5.41) is 11.9. The van der Waals surface area contributed by atoms with Gasteiger partial charge in [0.1, 0.15) is 0 Å². The van der Waals surface area contributed by atoms with E-state index in [1.807, 2.05) is 6.92 Å². The van der Waals surface area contributed by atoms with Crippen LogP contribution in [0, 0.1) is 11.3 Å². The van der Waals surface area contributed by atoms with E-state index in [-0.39, 0.29) is 17.5 Å². The van der Waals surface area contributed by atoms with Crippen molar-refractivity contribution in [2.24, 2.45) is 11.3 Å². The predicted octanol–water partition coefficient (Wildman–Crippen LogP) is 1.29. The molecule has 2 rings (SSSR count). The highest BCUT2D eigenvalue weighted by atomic mass is 16.4. The first-order chi connectivity index (χ1) is 7.93. The Hall–Kier alpha value is -1.26. The molecule has 1 aliphatic heterocycles. The Kier molecular flexibility index (Phi) is 3.02. The second-order valence-corrected chi connectivity index (χ2v) is 5.64. The number of nitrogens with one attached hydrogen (secondary N) is 1. The van der Waals surface area contributed by atoms with Crippen molar-refractivity contribution in [3.8, 4) is 0 Å². The molecule has 2 unspecified atom stereocenters. The number of carboxylic acids is 1. The van der Waals surface area contributed by atoms with E-state index in [2.05, 4.69) is 12.2 Å². The van der Waals surface area contributed by atoms with Crippen LogP contribution in [0.3, 0.4) is 0 Å². The number of nitrogens with zero attached hydrogens (tertiary/aromatic N) is 1. The van der Waals surface area contributed by atoms with E-state index in [9.17, 15) is 9.59 Å². The van der Waals surface area contributed by atoms with E-state index in [1.165, 1.54) is 12.8 Å². The molecule has 2 N–H and O–H groups in total. The summed E-state index contributed by atoms with van der Waals surface area (Å²) in [7, 11) is 0. The van der Waals surface area contributed by atoms with Crippen molar-refractivity contribution >= 4 is 12.0 Å². The first-order valence-corrected chi connectivity index (χ1v) is 6.20. The fourth-order valence-electron chi connectivity index (χ4n) is 2.34. The number of carbonyl (C=O) groups is 2. The highest BCUT2D eigenvalue weighted by molar-refractivity contribution is 5.78. The Morgan fingerprint density at radius 3 is 2.59 bits per heavy atom. The number of aliphatic carboxylic acids is 1. The molecule has 0 bridgehead atoms. The number of urea groups is 1. The number of likely N-dealkylation sites (tertiary alicyclic amines) is 1. The van der Waals surface area contributed by atoms with E-state index in [1.54, 1.807) is 4.90 Å². The SMILES string of the molecule is CC1C(C(=O)O)CCN1C(=O)NCC1(C)CC1. The van der Waals surface area contributed by atoms with Crippen LogP contribution >= 0.6 is 0 Å². The van der Waals surface area contributed by atoms with Crippen molar-refractivity contribution in [1.82, 2.24) is 10.2 Å². The normalized spacial score (nSPS) is 30.1. The zero-order chi connectivity index (χ0) is 12.6. The number of amides is 2. The van der Waals surface area contributed by atoms with Crippen LogP contribution in [0.1, 0.15) is 33.1 Å². The van der Waals surface area contributed by atoms with Crippen LogP contribution in [0.25, 0.3) is 0 Å². The maximum Gasteiger partial charge on any atom is 0.317 e. The molecule has 96 valence electrons. The predicted molar refractivity (Wildman–Crippen MR) is 62.7 cm³/mol. The van der Waals surface area contributed by atoms with E-state index in [0.29, 0.717) is 19.5 Å². The molecule has 0 aromatic heterocycles. The zero-order valence-electron chi connectivity index (χ0n) is 10.4. The molecule has 1 saturated carbocycles. The lowest BCUT2D eigenvalue weighted by Gasteiger charge is -2.24. The summed E-state index contributed by atoms with van der Waals surface area (Å²) in [4.78, 5) is 24.5. The maximum atomic E-state index is 11.9. The number of carboxylic acid groups (broad SMARTS) is 1. The van der Waals surface area contributed by atoms with Crippen LogP contribution in [-0.4, -0.2) is 41.1 Å². The maximum absolute atomic E-state index is 11.9. The molecule has 1 aliphatic carbocycles. The second-order valence-electron chi connectivity index (χ2n) is 5.64. The van der Waals surface area contributed by atoms with Crippen LogP contribution in [0.2, 0.25) is 0 Å². The Morgan fingerprint density at radius 2 is 2.12 bits per heavy atom. The standard InChI is InChI=1S/C12H20N2O3/c1-8-9(10(15)16)3-6-14(8)11(17)13-7-12(2)4-5-12/h8-9H,3-7H2,1-2H3,(H,13,17)(H,15,16). The third-order valence-electron chi connectivity index (χ3n) is 4.10. The third-order valence-corrected chi connectivity index (χ3v) is 4.10. The Balaban J connectivity index is 1.85. The van der Waals surface area contributed by atoms with Crippen molar-refractivity contribution in [3.63, 3.8) is 0 Å². The van der Waals surface area contributed by atoms with Gasteiger partial charge in [-0.15, -0.1) is 0 Å². The summed E-state index contributed by atoms with van der Waals surface area (Å²) in [5.41, 5.74) is 0.283. The van der Waals surface area contributed by atoms with Gasteiger partial charge in [-0.3, -0.25) is 4.79 Å². The van der Waals surface area contributed by atoms with Crippen molar-refractivity contribution in [3.05, 3.63) is 0 Å². The fraction of sp³-hybridized carbons (Fsp3) is 0.833. The van der Waals surface area contributed by atoms with Crippen LogP contribution < -0.4 is 5.32 Å². The highest BCUT2D eigenvalue weighted by Crippen LogP contribution is 2.44. The van der Waals surface area contributed by atoms with Crippen LogP contribution in [0.5, 0.6) is 0 Å². The molecule has 0 aromatic carbocycles. The van der Waals surface area contributed by atoms with Gasteiger partial charge in [0.15, 0.2) is 0 Å². The van der Waals surface area contributed by atoms with Gasteiger partial charge >= 0.3 is 12.0 Å². The summed E-state index contributed by atoms with van der Waals surface area (Å²) >= 11 is 0. The van der Waals surface area contributed by atoms with E-state index < -0.39 is 11.9 Å². The monoisotopic (exact) mass is 240 g/mol. The summed E-state index contributed by atoms with van der Waals surface area (Å²) in [6.07, 6.45) is 2.89. The second kappa shape index (κ2) is 4.20. The molecule has 2 atom stereocenters. The van der Waals surface area contributed by atoms with Crippen LogP contribution in [0.15, 0.2) is 0 Å². The molecule has 0 aromatic rings. The first-order valence-electron chi connectivity index (χ1n) is 6.20. The van der Waals surface area contributed by atoms with Gasteiger partial charge in [0.05, 0.1) is 5.92 Å². The zero-order valence-corrected chi connectivity index (χ0v) is 10.4. The minimum atomic E-state index is -0.804. The lowest BCUT2D eigenvalue weighted by molar-refractivity contribution is -0.142. The van der Waals surface area contributed by atoms with Gasteiger partial charge in [-0.05, 0) is 31.6 Å². The average Bonchev–Trinajstić information content (AvgIpc) is 2.86. The quantitative estimate of drug-likeness (QED) is 0.781. The molecule has 2 aliphatic rings. The van der Waals surface area contributed by atoms with Crippen molar-refractivity contribution in [2.45, 2.75) is 39.2 Å². The molecule has 5 nitrogen and oxygen atoms in total. The molecular formula is C12H20N2O3. The summed E-state index contributed by atoms with van der Waals surface area (Å²) < 4.78 is 0. The molecule has 0 spiro atoms. The van der Waals surface area contributed by atoms with Crippen LogP contribution in [-0.2, 0) is 4.79 Å². The van der Waals surface area contributed by atoms with Gasteiger partial charge in [-0.25, -0.2) is 4.79 Å². The van der Waals surface area contributed by atoms with Gasteiger partial charge < -0.3 is 15.3 Å². The van der Waals surface area contributed by atoms with Crippen molar-refractivity contribution < 1.29 is 14.7 Å². The minimum absolute atomic E-state index is 0.116. The lowest BCUT2D eigenvalue weighted by atomic mass is 10.0. The minimum Gasteiger partial charge on any atom is -0.481 e. The average molecular weight is 240 g/mol. The van der Waals surface area contributed by atoms with Crippen molar-refractivity contribution in [1.29, 1.82) is 0 Å². The first kappa shape index (κ1) is 12.2. The van der Waals surface area contributed by atoms with Gasteiger partial charge in [-0.1, -0.05) is 6.92 Å². The fourth-order valence-corrected chi connectivity index (χ4v) is 2.34. The summed E-state index contributed by atoms with van der Waals surface area (Å²) in [6, 6.07) is -0.325. The molecule has 1 saturated heterocycles.